The summed E-state index contributed by atoms with van der Waals surface area (Å²) in [4.78, 5) is 36.3. The van der Waals surface area contributed by atoms with Gasteiger partial charge in [0.05, 0.1) is 4.92 Å². The fourth-order valence-electron chi connectivity index (χ4n) is 2.74. The third-order valence-electron chi connectivity index (χ3n) is 4.11. The average Bonchev–Trinajstić information content (AvgIpc) is 3.17. The highest BCUT2D eigenvalue weighted by Gasteiger charge is 2.18. The molecule has 3 amide bonds. The second-order valence-electron chi connectivity index (χ2n) is 5.96. The number of nitro groups is 1. The van der Waals surface area contributed by atoms with Crippen molar-refractivity contribution in [1.82, 2.24) is 4.90 Å². The van der Waals surface area contributed by atoms with Crippen LogP contribution in [0, 0.1) is 10.1 Å². The lowest BCUT2D eigenvalue weighted by molar-refractivity contribution is -0.384. The summed E-state index contributed by atoms with van der Waals surface area (Å²) < 4.78 is 0. The Hall–Kier alpha value is -3.42. The van der Waals surface area contributed by atoms with Crippen LogP contribution in [0.3, 0.4) is 0 Å². The molecule has 3 rings (SSSR count). The first-order valence-corrected chi connectivity index (χ1v) is 8.25. The SMILES string of the molecule is O=C(Nc1cccc(NC(=O)N2CCCC2)c1)c1ccc([N+](=O)[O-])cc1. The van der Waals surface area contributed by atoms with Gasteiger partial charge in [-0.15, -0.1) is 0 Å². The molecule has 134 valence electrons. The molecule has 0 aromatic heterocycles. The van der Waals surface area contributed by atoms with Gasteiger partial charge in [0, 0.05) is 42.2 Å². The van der Waals surface area contributed by atoms with Gasteiger partial charge in [0.1, 0.15) is 0 Å². The van der Waals surface area contributed by atoms with E-state index in [0.717, 1.165) is 25.9 Å². The van der Waals surface area contributed by atoms with Gasteiger partial charge in [-0.2, -0.15) is 0 Å². The van der Waals surface area contributed by atoms with E-state index in [0.29, 0.717) is 16.9 Å². The number of amides is 3. The van der Waals surface area contributed by atoms with Gasteiger partial charge in [-0.25, -0.2) is 4.79 Å². The van der Waals surface area contributed by atoms with Gasteiger partial charge < -0.3 is 15.5 Å². The molecule has 1 aliphatic rings. The van der Waals surface area contributed by atoms with Crippen LogP contribution >= 0.6 is 0 Å². The number of rotatable bonds is 4. The molecule has 0 aliphatic carbocycles. The van der Waals surface area contributed by atoms with E-state index in [9.17, 15) is 19.7 Å². The van der Waals surface area contributed by atoms with E-state index in [-0.39, 0.29) is 17.6 Å². The summed E-state index contributed by atoms with van der Waals surface area (Å²) in [6.07, 6.45) is 2.03. The number of benzene rings is 2. The minimum Gasteiger partial charge on any atom is -0.325 e. The second-order valence-corrected chi connectivity index (χ2v) is 5.96. The summed E-state index contributed by atoms with van der Waals surface area (Å²) in [5, 5.41) is 16.2. The van der Waals surface area contributed by atoms with Crippen LogP contribution in [0.1, 0.15) is 23.2 Å². The highest BCUT2D eigenvalue weighted by molar-refractivity contribution is 6.04. The molecule has 1 aliphatic heterocycles. The molecule has 0 bridgehead atoms. The van der Waals surface area contributed by atoms with Crippen molar-refractivity contribution >= 4 is 29.0 Å². The van der Waals surface area contributed by atoms with Crippen molar-refractivity contribution < 1.29 is 14.5 Å². The van der Waals surface area contributed by atoms with Crippen LogP contribution in [0.4, 0.5) is 21.9 Å². The standard InChI is InChI=1S/C18H18N4O4/c23-17(13-6-8-16(9-7-13)22(25)26)19-14-4-3-5-15(12-14)20-18(24)21-10-1-2-11-21/h3-9,12H,1-2,10-11H2,(H,19,23)(H,20,24). The van der Waals surface area contributed by atoms with E-state index < -0.39 is 4.92 Å². The van der Waals surface area contributed by atoms with Crippen molar-refractivity contribution in [2.24, 2.45) is 0 Å². The largest absolute Gasteiger partial charge is 0.325 e. The molecule has 2 N–H and O–H groups in total. The van der Waals surface area contributed by atoms with E-state index in [1.54, 1.807) is 29.2 Å². The van der Waals surface area contributed by atoms with Crippen molar-refractivity contribution in [3.63, 3.8) is 0 Å². The highest BCUT2D eigenvalue weighted by atomic mass is 16.6. The number of carbonyl (C=O) groups excluding carboxylic acids is 2. The lowest BCUT2D eigenvalue weighted by atomic mass is 10.2. The van der Waals surface area contributed by atoms with Gasteiger partial charge in [0.15, 0.2) is 0 Å². The maximum atomic E-state index is 12.3. The van der Waals surface area contributed by atoms with E-state index in [1.165, 1.54) is 24.3 Å². The Balaban J connectivity index is 1.65. The van der Waals surface area contributed by atoms with Crippen LogP contribution in [-0.2, 0) is 0 Å². The van der Waals surface area contributed by atoms with Crippen LogP contribution in [0.15, 0.2) is 48.5 Å². The van der Waals surface area contributed by atoms with Crippen molar-refractivity contribution in [2.45, 2.75) is 12.8 Å². The molecular formula is C18H18N4O4. The van der Waals surface area contributed by atoms with Gasteiger partial charge in [-0.05, 0) is 43.2 Å². The number of nitro benzene ring substituents is 1. The van der Waals surface area contributed by atoms with Crippen LogP contribution in [0.2, 0.25) is 0 Å². The molecule has 8 nitrogen and oxygen atoms in total. The third kappa shape index (κ3) is 4.15. The number of nitrogens with one attached hydrogen (secondary N) is 2. The molecule has 2 aromatic rings. The number of hydrogen-bond donors (Lipinski definition) is 2. The predicted molar refractivity (Wildman–Crippen MR) is 97.3 cm³/mol. The van der Waals surface area contributed by atoms with E-state index in [4.69, 9.17) is 0 Å². The maximum absolute atomic E-state index is 12.3. The number of anilines is 2. The Kier molecular flexibility index (Phi) is 5.12. The Bertz CT molecular complexity index is 829. The summed E-state index contributed by atoms with van der Waals surface area (Å²) in [6, 6.07) is 12.0. The van der Waals surface area contributed by atoms with Crippen LogP contribution in [0.5, 0.6) is 0 Å². The molecule has 2 aromatic carbocycles. The first-order valence-electron chi connectivity index (χ1n) is 8.25. The Morgan fingerprint density at radius 1 is 0.962 bits per heavy atom. The summed E-state index contributed by atoms with van der Waals surface area (Å²) >= 11 is 0. The number of non-ortho nitro benzene ring substituents is 1. The molecule has 1 saturated heterocycles. The first-order chi connectivity index (χ1) is 12.5. The molecular weight excluding hydrogens is 336 g/mol. The average molecular weight is 354 g/mol. The number of nitrogens with zero attached hydrogens (tertiary/aromatic N) is 2. The minimum atomic E-state index is -0.520. The monoisotopic (exact) mass is 354 g/mol. The molecule has 1 heterocycles. The van der Waals surface area contributed by atoms with Crippen molar-refractivity contribution in [3.8, 4) is 0 Å². The molecule has 0 saturated carbocycles. The van der Waals surface area contributed by atoms with E-state index in [1.807, 2.05) is 0 Å². The fourth-order valence-corrected chi connectivity index (χ4v) is 2.74. The van der Waals surface area contributed by atoms with Crippen molar-refractivity contribution in [1.29, 1.82) is 0 Å². The number of carbonyl (C=O) groups is 2. The van der Waals surface area contributed by atoms with Gasteiger partial charge in [-0.3, -0.25) is 14.9 Å². The molecule has 26 heavy (non-hydrogen) atoms. The summed E-state index contributed by atoms with van der Waals surface area (Å²) in [7, 11) is 0. The predicted octanol–water partition coefficient (Wildman–Crippen LogP) is 3.47. The zero-order valence-electron chi connectivity index (χ0n) is 14.0. The molecule has 0 radical (unpaired) electrons. The number of urea groups is 1. The summed E-state index contributed by atoms with van der Waals surface area (Å²) in [5.74, 6) is -0.386. The molecule has 1 fully saturated rings. The third-order valence-corrected chi connectivity index (χ3v) is 4.11. The highest BCUT2D eigenvalue weighted by Crippen LogP contribution is 2.18. The number of hydrogen-bond acceptors (Lipinski definition) is 4. The lowest BCUT2D eigenvalue weighted by Crippen LogP contribution is -2.32. The Morgan fingerprint density at radius 3 is 2.19 bits per heavy atom. The normalized spacial score (nSPS) is 13.3. The van der Waals surface area contributed by atoms with E-state index >= 15 is 0 Å². The zero-order chi connectivity index (χ0) is 18.5. The smallest absolute Gasteiger partial charge is 0.321 e. The zero-order valence-corrected chi connectivity index (χ0v) is 14.0. The molecule has 8 heteroatoms. The van der Waals surface area contributed by atoms with Crippen molar-refractivity contribution in [3.05, 3.63) is 64.2 Å². The van der Waals surface area contributed by atoms with Gasteiger partial charge in [0.25, 0.3) is 11.6 Å². The molecule has 0 spiro atoms. The molecule has 0 atom stereocenters. The van der Waals surface area contributed by atoms with Crippen LogP contribution in [-0.4, -0.2) is 34.9 Å². The fraction of sp³-hybridized carbons (Fsp3) is 0.222. The maximum Gasteiger partial charge on any atom is 0.321 e. The Morgan fingerprint density at radius 2 is 1.58 bits per heavy atom. The van der Waals surface area contributed by atoms with Crippen molar-refractivity contribution in [2.75, 3.05) is 23.7 Å². The molecule has 0 unspecified atom stereocenters. The Labute approximate surface area is 150 Å². The quantitative estimate of drug-likeness (QED) is 0.648. The summed E-state index contributed by atoms with van der Waals surface area (Å²) in [5.41, 5.74) is 1.34. The topological polar surface area (TPSA) is 105 Å². The first kappa shape index (κ1) is 17.4. The minimum absolute atomic E-state index is 0.0758. The van der Waals surface area contributed by atoms with Gasteiger partial charge in [-0.1, -0.05) is 6.07 Å². The van der Waals surface area contributed by atoms with Crippen LogP contribution < -0.4 is 10.6 Å². The van der Waals surface area contributed by atoms with E-state index in [2.05, 4.69) is 10.6 Å². The second kappa shape index (κ2) is 7.64. The lowest BCUT2D eigenvalue weighted by Gasteiger charge is -2.16. The van der Waals surface area contributed by atoms with Gasteiger partial charge >= 0.3 is 6.03 Å². The number of likely N-dealkylation sites (tertiary alicyclic amines) is 1. The van der Waals surface area contributed by atoms with Crippen LogP contribution in [0.25, 0.3) is 0 Å². The summed E-state index contributed by atoms with van der Waals surface area (Å²) in [6.45, 7) is 1.50. The van der Waals surface area contributed by atoms with Gasteiger partial charge in [0.2, 0.25) is 0 Å².